The number of aliphatic hydroxyl groups is 2. The zero-order chi connectivity index (χ0) is 32.3. The number of nitrogens with zero attached hydrogens (tertiary/aromatic N) is 3. The van der Waals surface area contributed by atoms with Gasteiger partial charge in [0.1, 0.15) is 22.8 Å². The van der Waals surface area contributed by atoms with Gasteiger partial charge in [0.2, 0.25) is 5.91 Å². The van der Waals surface area contributed by atoms with Gasteiger partial charge in [-0.25, -0.2) is 5.01 Å². The van der Waals surface area contributed by atoms with E-state index in [0.717, 1.165) is 5.01 Å². The molecule has 14 heteroatoms. The molecule has 3 aliphatic carbocycles. The first-order valence-corrected chi connectivity index (χ1v) is 13.8. The Labute approximate surface area is 248 Å². The number of carbonyl (C=O) groups is 4. The molecular weight excluding hydrogens is 560 g/mol. The highest BCUT2D eigenvalue weighted by atomic mass is 16.3. The molecule has 3 aliphatic rings. The second-order valence-corrected chi connectivity index (χ2v) is 12.8. The third-order valence-corrected chi connectivity index (χ3v) is 8.68. The molecular formula is C29H38N6O8. The number of aliphatic hydroxyl groups excluding tert-OH is 2. The third kappa shape index (κ3) is 5.03. The fraction of sp³-hybridized carbons (Fsp3) is 0.517. The SMILES string of the molecule is CN(N=O)c1cc(NC(=O)CNC(C)(C)C)c(O)c2c1C[C@H]1C[C@H]3[C@H](N(C)C)C(=O)C(C(N)=O)=C(O)[C@@]3(C)C(=O)C1=C2O. The summed E-state index contributed by atoms with van der Waals surface area (Å²) in [6.07, 6.45) is 0.179. The maximum Gasteiger partial charge on any atom is 0.255 e. The Morgan fingerprint density at radius 3 is 2.33 bits per heavy atom. The van der Waals surface area contributed by atoms with Crippen molar-refractivity contribution in [2.45, 2.75) is 52.1 Å². The van der Waals surface area contributed by atoms with Crippen LogP contribution in [0.5, 0.6) is 5.75 Å². The van der Waals surface area contributed by atoms with Crippen LogP contribution in [0, 0.1) is 22.2 Å². The van der Waals surface area contributed by atoms with Crippen molar-refractivity contribution < 1.29 is 34.5 Å². The molecule has 1 fully saturated rings. The van der Waals surface area contributed by atoms with Crippen LogP contribution in [-0.2, 0) is 25.6 Å². The average Bonchev–Trinajstić information content (AvgIpc) is 2.89. The van der Waals surface area contributed by atoms with Crippen LogP contribution in [0.3, 0.4) is 0 Å². The summed E-state index contributed by atoms with van der Waals surface area (Å²) in [5, 5.41) is 43.7. The molecule has 7 N–H and O–H groups in total. The Bertz CT molecular complexity index is 1510. The van der Waals surface area contributed by atoms with E-state index in [1.54, 1.807) is 19.0 Å². The highest BCUT2D eigenvalue weighted by Gasteiger charge is 2.62. The predicted octanol–water partition coefficient (Wildman–Crippen LogP) is 1.68. The largest absolute Gasteiger partial charge is 0.510 e. The van der Waals surface area contributed by atoms with Crippen LogP contribution in [-0.4, -0.2) is 82.9 Å². The van der Waals surface area contributed by atoms with E-state index in [-0.39, 0.29) is 47.4 Å². The van der Waals surface area contributed by atoms with Gasteiger partial charge in [0.05, 0.1) is 40.2 Å². The van der Waals surface area contributed by atoms with E-state index >= 15 is 0 Å². The number of rotatable bonds is 7. The van der Waals surface area contributed by atoms with Crippen molar-refractivity contribution >= 4 is 40.5 Å². The Morgan fingerprint density at radius 1 is 1.16 bits per heavy atom. The van der Waals surface area contributed by atoms with Crippen molar-refractivity contribution in [3.8, 4) is 5.75 Å². The molecule has 1 aromatic carbocycles. The van der Waals surface area contributed by atoms with E-state index in [9.17, 15) is 39.4 Å². The van der Waals surface area contributed by atoms with Crippen LogP contribution >= 0.6 is 0 Å². The third-order valence-electron chi connectivity index (χ3n) is 8.68. The number of aromatic hydroxyl groups is 1. The Hall–Kier alpha value is -4.30. The molecule has 0 heterocycles. The standard InChI is InChI=1S/C29H38N6O8/c1-28(2,3)31-11-17(36)32-15-10-16(35(7)33-43)13-8-12-9-14-21(34(5)6)24(39)20(27(30)42)26(41)29(14,4)25(40)18(12)23(38)19(13)22(15)37/h10,12,14,21,31,37-38,41H,8-9,11H2,1-7H3,(H2,30,42)(H,32,36)/t12-,14-,21-,29+/m0/s1. The van der Waals surface area contributed by atoms with Crippen molar-refractivity contribution in [2.24, 2.45) is 28.3 Å². The molecule has 0 unspecified atom stereocenters. The fourth-order valence-corrected chi connectivity index (χ4v) is 6.56. The number of likely N-dealkylation sites (N-methyl/N-ethyl adjacent to an activating group) is 1. The van der Waals surface area contributed by atoms with Gasteiger partial charge in [-0.15, -0.1) is 4.91 Å². The van der Waals surface area contributed by atoms with Gasteiger partial charge >= 0.3 is 0 Å². The maximum absolute atomic E-state index is 14.3. The number of amides is 2. The van der Waals surface area contributed by atoms with Crippen LogP contribution in [0.25, 0.3) is 5.76 Å². The van der Waals surface area contributed by atoms with Gasteiger partial charge in [0.15, 0.2) is 11.6 Å². The van der Waals surface area contributed by atoms with Crippen LogP contribution in [0.2, 0.25) is 0 Å². The van der Waals surface area contributed by atoms with E-state index in [0.29, 0.717) is 5.56 Å². The van der Waals surface area contributed by atoms with Crippen molar-refractivity contribution in [1.29, 1.82) is 0 Å². The monoisotopic (exact) mass is 598 g/mol. The molecule has 1 saturated carbocycles. The highest BCUT2D eigenvalue weighted by molar-refractivity contribution is 6.24. The number of nitroso groups, excluding NO2 is 1. The molecule has 232 valence electrons. The van der Waals surface area contributed by atoms with E-state index in [1.807, 2.05) is 20.8 Å². The van der Waals surface area contributed by atoms with Gasteiger partial charge in [0, 0.05) is 24.1 Å². The number of nitrogens with two attached hydrogens (primary N) is 1. The van der Waals surface area contributed by atoms with Crippen molar-refractivity contribution in [3.05, 3.63) is 39.0 Å². The number of ketones is 2. The molecule has 0 spiro atoms. The molecule has 14 nitrogen and oxygen atoms in total. The number of hydrogen-bond acceptors (Lipinski definition) is 11. The van der Waals surface area contributed by atoms with Crippen LogP contribution in [0.1, 0.15) is 45.2 Å². The zero-order valence-corrected chi connectivity index (χ0v) is 25.2. The highest BCUT2D eigenvalue weighted by Crippen LogP contribution is 2.57. The minimum atomic E-state index is -1.80. The molecule has 43 heavy (non-hydrogen) atoms. The number of carbonyl (C=O) groups excluding carboxylic acids is 4. The molecule has 0 bridgehead atoms. The number of allylic oxidation sites excluding steroid dienone is 2. The number of phenolic OH excluding ortho intramolecular Hbond substituents is 1. The number of Topliss-reactive ketones (excluding diaryl/α,β-unsaturated/α-hetero) is 2. The predicted molar refractivity (Wildman–Crippen MR) is 158 cm³/mol. The Kier molecular flexibility index (Phi) is 7.91. The Morgan fingerprint density at radius 2 is 1.79 bits per heavy atom. The number of phenols is 1. The van der Waals surface area contributed by atoms with Crippen molar-refractivity contribution in [3.63, 3.8) is 0 Å². The lowest BCUT2D eigenvalue weighted by molar-refractivity contribution is -0.139. The number of primary amides is 1. The van der Waals surface area contributed by atoms with Gasteiger partial charge in [0.25, 0.3) is 5.91 Å². The number of benzene rings is 1. The first-order valence-electron chi connectivity index (χ1n) is 13.8. The maximum atomic E-state index is 14.3. The van der Waals surface area contributed by atoms with Gasteiger partial charge in [-0.2, -0.15) is 0 Å². The second kappa shape index (κ2) is 10.8. The van der Waals surface area contributed by atoms with Crippen molar-refractivity contribution in [2.75, 3.05) is 38.0 Å². The summed E-state index contributed by atoms with van der Waals surface area (Å²) < 4.78 is 0. The molecule has 1 aromatic rings. The number of fused-ring (bicyclic) bond motifs is 3. The van der Waals surface area contributed by atoms with E-state index < -0.39 is 69.5 Å². The molecule has 4 rings (SSSR count). The molecule has 0 radical (unpaired) electrons. The van der Waals surface area contributed by atoms with E-state index in [2.05, 4.69) is 15.9 Å². The molecule has 2 amide bonds. The summed E-state index contributed by atoms with van der Waals surface area (Å²) in [4.78, 5) is 65.8. The summed E-state index contributed by atoms with van der Waals surface area (Å²) in [7, 11) is 4.59. The number of nitrogens with one attached hydrogen (secondary N) is 2. The van der Waals surface area contributed by atoms with Crippen LogP contribution in [0.15, 0.2) is 28.3 Å². The number of hydrogen-bond donors (Lipinski definition) is 6. The summed E-state index contributed by atoms with van der Waals surface area (Å²) in [5.74, 6) is -6.53. The smallest absolute Gasteiger partial charge is 0.255 e. The van der Waals surface area contributed by atoms with Gasteiger partial charge < -0.3 is 31.7 Å². The lowest BCUT2D eigenvalue weighted by atomic mass is 9.53. The first kappa shape index (κ1) is 31.6. The molecule has 0 aliphatic heterocycles. The molecule has 4 atom stereocenters. The lowest BCUT2D eigenvalue weighted by Crippen LogP contribution is -2.60. The summed E-state index contributed by atoms with van der Waals surface area (Å²) in [5.41, 5.74) is 2.67. The van der Waals surface area contributed by atoms with Gasteiger partial charge in [-0.3, -0.25) is 24.1 Å². The zero-order valence-electron chi connectivity index (χ0n) is 25.2. The molecule has 0 aromatic heterocycles. The minimum Gasteiger partial charge on any atom is -0.510 e. The minimum absolute atomic E-state index is 0.0527. The second-order valence-electron chi connectivity index (χ2n) is 12.8. The van der Waals surface area contributed by atoms with Crippen LogP contribution in [0.4, 0.5) is 11.4 Å². The normalized spacial score (nSPS) is 25.3. The topological polar surface area (TPSA) is 215 Å². The van der Waals surface area contributed by atoms with Crippen molar-refractivity contribution in [1.82, 2.24) is 10.2 Å². The van der Waals surface area contributed by atoms with E-state index in [1.165, 1.54) is 20.0 Å². The van der Waals surface area contributed by atoms with Gasteiger partial charge in [-0.1, -0.05) is 0 Å². The quantitative estimate of drug-likeness (QED) is 0.115. The lowest BCUT2D eigenvalue weighted by Gasteiger charge is -2.51. The average molecular weight is 599 g/mol. The summed E-state index contributed by atoms with van der Waals surface area (Å²) in [6, 6.07) is 0.377. The summed E-state index contributed by atoms with van der Waals surface area (Å²) >= 11 is 0. The fourth-order valence-electron chi connectivity index (χ4n) is 6.56. The summed E-state index contributed by atoms with van der Waals surface area (Å²) in [6.45, 7) is 6.91. The molecule has 0 saturated heterocycles. The van der Waals surface area contributed by atoms with Gasteiger partial charge in [-0.05, 0) is 72.2 Å². The first-order chi connectivity index (χ1) is 19.9. The number of anilines is 2. The van der Waals surface area contributed by atoms with E-state index in [4.69, 9.17) is 5.73 Å². The van der Waals surface area contributed by atoms with Crippen LogP contribution < -0.4 is 21.4 Å². The Balaban J connectivity index is 1.91.